The van der Waals surface area contributed by atoms with Gasteiger partial charge < -0.3 is 5.11 Å². The Morgan fingerprint density at radius 1 is 1.31 bits per heavy atom. The zero-order valence-electron chi connectivity index (χ0n) is 10.3. The molecule has 1 rings (SSSR count). The van der Waals surface area contributed by atoms with Crippen LogP contribution in [0.25, 0.3) is 0 Å². The smallest absolute Gasteiger partial charge is 0.281 e. The number of aliphatic hydroxyl groups is 1. The summed E-state index contributed by atoms with van der Waals surface area (Å²) in [6.07, 6.45) is 1.08. The van der Waals surface area contributed by atoms with Crippen LogP contribution in [-0.4, -0.2) is 55.4 Å². The van der Waals surface area contributed by atoms with Gasteiger partial charge in [0.05, 0.1) is 6.61 Å². The van der Waals surface area contributed by atoms with E-state index in [2.05, 4.69) is 13.8 Å². The summed E-state index contributed by atoms with van der Waals surface area (Å²) < 4.78 is 27.0. The van der Waals surface area contributed by atoms with Gasteiger partial charge in [0, 0.05) is 26.7 Å². The first kappa shape index (κ1) is 13.9. The van der Waals surface area contributed by atoms with E-state index >= 15 is 0 Å². The highest BCUT2D eigenvalue weighted by Crippen LogP contribution is 2.24. The van der Waals surface area contributed by atoms with E-state index in [0.29, 0.717) is 24.9 Å². The van der Waals surface area contributed by atoms with Crippen molar-refractivity contribution in [2.45, 2.75) is 20.3 Å². The van der Waals surface area contributed by atoms with Crippen LogP contribution in [-0.2, 0) is 10.2 Å². The number of nitrogens with zero attached hydrogens (tertiary/aromatic N) is 2. The third-order valence-electron chi connectivity index (χ3n) is 2.97. The molecule has 1 aliphatic heterocycles. The molecule has 0 bridgehead atoms. The summed E-state index contributed by atoms with van der Waals surface area (Å²) in [5.41, 5.74) is 0. The average molecular weight is 250 g/mol. The Morgan fingerprint density at radius 3 is 2.25 bits per heavy atom. The fourth-order valence-electron chi connectivity index (χ4n) is 2.25. The van der Waals surface area contributed by atoms with Gasteiger partial charge in [0.1, 0.15) is 0 Å². The van der Waals surface area contributed by atoms with E-state index in [-0.39, 0.29) is 13.2 Å². The number of piperidine rings is 1. The molecule has 1 N–H and O–H groups in total. The van der Waals surface area contributed by atoms with Crippen LogP contribution in [0.1, 0.15) is 20.3 Å². The number of hydrogen-bond acceptors (Lipinski definition) is 3. The van der Waals surface area contributed by atoms with E-state index in [0.717, 1.165) is 6.42 Å². The highest BCUT2D eigenvalue weighted by Gasteiger charge is 2.32. The van der Waals surface area contributed by atoms with Gasteiger partial charge in [-0.1, -0.05) is 13.8 Å². The normalized spacial score (nSPS) is 28.6. The van der Waals surface area contributed by atoms with Gasteiger partial charge in [0.2, 0.25) is 0 Å². The second kappa shape index (κ2) is 5.44. The lowest BCUT2D eigenvalue weighted by Crippen LogP contribution is -2.48. The minimum Gasteiger partial charge on any atom is -0.395 e. The Kier molecular flexibility index (Phi) is 4.73. The van der Waals surface area contributed by atoms with Crippen LogP contribution in [0.5, 0.6) is 0 Å². The van der Waals surface area contributed by atoms with Crippen molar-refractivity contribution in [3.8, 4) is 0 Å². The Balaban J connectivity index is 2.75. The largest absolute Gasteiger partial charge is 0.395 e. The van der Waals surface area contributed by atoms with Crippen molar-refractivity contribution in [2.75, 3.05) is 33.3 Å². The molecule has 0 aromatic heterocycles. The summed E-state index contributed by atoms with van der Waals surface area (Å²) in [6.45, 7) is 5.33. The minimum atomic E-state index is -3.38. The molecule has 0 aliphatic carbocycles. The lowest BCUT2D eigenvalue weighted by atomic mass is 9.94. The SMILES string of the molecule is CC1CC(C)CN(S(=O)(=O)N(C)CCO)C1. The van der Waals surface area contributed by atoms with Crippen molar-refractivity contribution in [2.24, 2.45) is 11.8 Å². The predicted octanol–water partition coefficient (Wildman–Crippen LogP) is 0.133. The molecule has 0 aromatic rings. The summed E-state index contributed by atoms with van der Waals surface area (Å²) in [5, 5.41) is 8.78. The van der Waals surface area contributed by atoms with E-state index in [1.807, 2.05) is 0 Å². The molecule has 2 unspecified atom stereocenters. The zero-order chi connectivity index (χ0) is 12.3. The predicted molar refractivity (Wildman–Crippen MR) is 63.2 cm³/mol. The second-order valence-corrected chi connectivity index (χ2v) is 6.85. The molecular formula is C10H22N2O3S. The average Bonchev–Trinajstić information content (AvgIpc) is 2.16. The summed E-state index contributed by atoms with van der Waals surface area (Å²) in [4.78, 5) is 0. The van der Waals surface area contributed by atoms with Crippen LogP contribution < -0.4 is 0 Å². The Hall–Kier alpha value is -0.170. The van der Waals surface area contributed by atoms with Crippen molar-refractivity contribution in [3.63, 3.8) is 0 Å². The second-order valence-electron chi connectivity index (χ2n) is 4.82. The number of likely N-dealkylation sites (N-methyl/N-ethyl adjacent to an activating group) is 1. The van der Waals surface area contributed by atoms with E-state index in [4.69, 9.17) is 5.11 Å². The van der Waals surface area contributed by atoms with Crippen molar-refractivity contribution >= 4 is 10.2 Å². The highest BCUT2D eigenvalue weighted by molar-refractivity contribution is 7.86. The molecule has 0 spiro atoms. The first-order valence-corrected chi connectivity index (χ1v) is 7.10. The van der Waals surface area contributed by atoms with Crippen LogP contribution in [0, 0.1) is 11.8 Å². The quantitative estimate of drug-likeness (QED) is 0.771. The van der Waals surface area contributed by atoms with Crippen molar-refractivity contribution in [1.29, 1.82) is 0 Å². The molecule has 0 aromatic carbocycles. The first-order chi connectivity index (χ1) is 7.37. The van der Waals surface area contributed by atoms with Crippen molar-refractivity contribution in [1.82, 2.24) is 8.61 Å². The van der Waals surface area contributed by atoms with E-state index in [1.54, 1.807) is 0 Å². The van der Waals surface area contributed by atoms with Gasteiger partial charge in [-0.3, -0.25) is 0 Å². The maximum Gasteiger partial charge on any atom is 0.281 e. The molecule has 1 heterocycles. The molecular weight excluding hydrogens is 228 g/mol. The molecule has 1 fully saturated rings. The van der Waals surface area contributed by atoms with Gasteiger partial charge in [-0.05, 0) is 18.3 Å². The zero-order valence-corrected chi connectivity index (χ0v) is 11.1. The molecule has 0 saturated carbocycles. The fraction of sp³-hybridized carbons (Fsp3) is 1.00. The summed E-state index contributed by atoms with van der Waals surface area (Å²) >= 11 is 0. The number of hydrogen-bond donors (Lipinski definition) is 1. The van der Waals surface area contributed by atoms with Crippen LogP contribution in [0.3, 0.4) is 0 Å². The topological polar surface area (TPSA) is 60.9 Å². The van der Waals surface area contributed by atoms with Gasteiger partial charge in [-0.2, -0.15) is 17.0 Å². The molecule has 6 heteroatoms. The molecule has 2 atom stereocenters. The van der Waals surface area contributed by atoms with Gasteiger partial charge in [-0.15, -0.1) is 0 Å². The molecule has 0 amide bonds. The monoisotopic (exact) mass is 250 g/mol. The first-order valence-electron chi connectivity index (χ1n) is 5.70. The minimum absolute atomic E-state index is 0.144. The standard InChI is InChI=1S/C10H22N2O3S/c1-9-6-10(2)8-12(7-9)16(14,15)11(3)4-5-13/h9-10,13H,4-8H2,1-3H3. The highest BCUT2D eigenvalue weighted by atomic mass is 32.2. The molecule has 96 valence electrons. The Labute approximate surface area is 98.2 Å². The maximum absolute atomic E-state index is 12.1. The van der Waals surface area contributed by atoms with E-state index in [1.165, 1.54) is 15.7 Å². The summed E-state index contributed by atoms with van der Waals surface area (Å²) in [5.74, 6) is 0.808. The van der Waals surface area contributed by atoms with Crippen molar-refractivity contribution < 1.29 is 13.5 Å². The molecule has 16 heavy (non-hydrogen) atoms. The lowest BCUT2D eigenvalue weighted by Gasteiger charge is -2.36. The number of rotatable bonds is 4. The van der Waals surface area contributed by atoms with Crippen LogP contribution in [0.15, 0.2) is 0 Å². The van der Waals surface area contributed by atoms with E-state index < -0.39 is 10.2 Å². The molecule has 0 radical (unpaired) electrons. The van der Waals surface area contributed by atoms with Gasteiger partial charge >= 0.3 is 0 Å². The number of aliphatic hydroxyl groups excluding tert-OH is 1. The van der Waals surface area contributed by atoms with Crippen molar-refractivity contribution in [3.05, 3.63) is 0 Å². The molecule has 1 saturated heterocycles. The summed E-state index contributed by atoms with van der Waals surface area (Å²) in [6, 6.07) is 0. The molecule has 5 nitrogen and oxygen atoms in total. The van der Waals surface area contributed by atoms with Crippen LogP contribution >= 0.6 is 0 Å². The summed E-state index contributed by atoms with van der Waals surface area (Å²) in [7, 11) is -1.87. The van der Waals surface area contributed by atoms with Crippen LogP contribution in [0.2, 0.25) is 0 Å². The third kappa shape index (κ3) is 3.16. The van der Waals surface area contributed by atoms with Gasteiger partial charge in [-0.25, -0.2) is 0 Å². The Bertz CT molecular complexity index is 308. The lowest BCUT2D eigenvalue weighted by molar-refractivity contribution is 0.205. The molecule has 1 aliphatic rings. The Morgan fingerprint density at radius 2 is 1.81 bits per heavy atom. The van der Waals surface area contributed by atoms with E-state index in [9.17, 15) is 8.42 Å². The van der Waals surface area contributed by atoms with Crippen LogP contribution in [0.4, 0.5) is 0 Å². The fourth-order valence-corrected chi connectivity index (χ4v) is 3.84. The van der Waals surface area contributed by atoms with Gasteiger partial charge in [0.25, 0.3) is 10.2 Å². The van der Waals surface area contributed by atoms with Gasteiger partial charge in [0.15, 0.2) is 0 Å². The maximum atomic E-state index is 12.1. The third-order valence-corrected chi connectivity index (χ3v) is 4.89.